The lowest BCUT2D eigenvalue weighted by molar-refractivity contribution is -0.134. The lowest BCUT2D eigenvalue weighted by atomic mass is 10.1. The minimum absolute atomic E-state index is 0.0537. The van der Waals surface area contributed by atoms with Crippen LogP contribution in [0.15, 0.2) is 46.0 Å². The highest BCUT2D eigenvalue weighted by Gasteiger charge is 2.30. The van der Waals surface area contributed by atoms with Crippen LogP contribution in [0.4, 0.5) is 0 Å². The molecule has 0 radical (unpaired) electrons. The molecule has 1 aromatic heterocycles. The lowest BCUT2D eigenvalue weighted by Crippen LogP contribution is -2.51. The number of sulfonamides is 1. The minimum atomic E-state index is -3.48. The zero-order chi connectivity index (χ0) is 20.1. The highest BCUT2D eigenvalue weighted by molar-refractivity contribution is 7.91. The van der Waals surface area contributed by atoms with E-state index in [1.165, 1.54) is 15.6 Å². The predicted octanol–water partition coefficient (Wildman–Crippen LogP) is 2.25. The Hall–Kier alpha value is -2.23. The van der Waals surface area contributed by atoms with E-state index >= 15 is 0 Å². The fraction of sp³-hybridized carbons (Fsp3) is 0.368. The number of benzene rings is 1. The van der Waals surface area contributed by atoms with Crippen LogP contribution in [0, 0.1) is 0 Å². The predicted molar refractivity (Wildman–Crippen MR) is 106 cm³/mol. The summed E-state index contributed by atoms with van der Waals surface area (Å²) in [5.41, 5.74) is 0.615. The van der Waals surface area contributed by atoms with Gasteiger partial charge in [-0.15, -0.1) is 11.3 Å². The molecule has 0 bridgehead atoms. The second kappa shape index (κ2) is 8.85. The molecule has 0 N–H and O–H groups in total. The van der Waals surface area contributed by atoms with Gasteiger partial charge in [-0.25, -0.2) is 8.42 Å². The van der Waals surface area contributed by atoms with Crippen molar-refractivity contribution in [3.05, 3.63) is 47.3 Å². The molecule has 2 aromatic rings. The first-order valence-electron chi connectivity index (χ1n) is 8.99. The fourth-order valence-corrected chi connectivity index (χ4v) is 5.46. The van der Waals surface area contributed by atoms with Crippen molar-refractivity contribution in [1.29, 1.82) is 0 Å². The van der Waals surface area contributed by atoms with Gasteiger partial charge in [-0.2, -0.15) is 4.31 Å². The van der Waals surface area contributed by atoms with Gasteiger partial charge >= 0.3 is 0 Å². The average molecular weight is 423 g/mol. The van der Waals surface area contributed by atoms with E-state index in [9.17, 15) is 18.0 Å². The van der Waals surface area contributed by atoms with Gasteiger partial charge in [-0.1, -0.05) is 13.0 Å². The SMILES string of the molecule is CCC(=O)c1ccc(OCC(=O)N2CCN(S(=O)(=O)c3cccs3)CC2)cc1. The summed E-state index contributed by atoms with van der Waals surface area (Å²) in [7, 11) is -3.48. The van der Waals surface area contributed by atoms with Crippen LogP contribution in [0.25, 0.3) is 0 Å². The molecule has 150 valence electrons. The van der Waals surface area contributed by atoms with Crippen LogP contribution in [-0.4, -0.2) is 62.1 Å². The van der Waals surface area contributed by atoms with Crippen LogP contribution in [0.3, 0.4) is 0 Å². The zero-order valence-electron chi connectivity index (χ0n) is 15.5. The maximum absolute atomic E-state index is 12.5. The molecule has 1 aliphatic rings. The summed E-state index contributed by atoms with van der Waals surface area (Å²) in [6.07, 6.45) is 0.437. The van der Waals surface area contributed by atoms with Crippen molar-refractivity contribution < 1.29 is 22.7 Å². The number of ketones is 1. The summed E-state index contributed by atoms with van der Waals surface area (Å²) in [4.78, 5) is 25.6. The molecule has 3 rings (SSSR count). The van der Waals surface area contributed by atoms with Crippen molar-refractivity contribution in [2.24, 2.45) is 0 Å². The van der Waals surface area contributed by atoms with Crippen molar-refractivity contribution in [3.63, 3.8) is 0 Å². The van der Waals surface area contributed by atoms with Gasteiger partial charge in [0.05, 0.1) is 0 Å². The van der Waals surface area contributed by atoms with E-state index in [-0.39, 0.29) is 31.4 Å². The number of rotatable bonds is 7. The molecule has 0 atom stereocenters. The Morgan fingerprint density at radius 3 is 2.32 bits per heavy atom. The molecule has 0 saturated carbocycles. The minimum Gasteiger partial charge on any atom is -0.484 e. The van der Waals surface area contributed by atoms with Crippen molar-refractivity contribution in [2.75, 3.05) is 32.8 Å². The monoisotopic (exact) mass is 422 g/mol. The number of piperazine rings is 1. The molecule has 0 aliphatic carbocycles. The second-order valence-corrected chi connectivity index (χ2v) is 9.42. The Bertz CT molecular complexity index is 916. The van der Waals surface area contributed by atoms with Crippen LogP contribution in [0.2, 0.25) is 0 Å². The van der Waals surface area contributed by atoms with Gasteiger partial charge in [0.1, 0.15) is 9.96 Å². The molecule has 1 aliphatic heterocycles. The van der Waals surface area contributed by atoms with E-state index in [0.29, 0.717) is 35.0 Å². The van der Waals surface area contributed by atoms with Crippen molar-refractivity contribution in [3.8, 4) is 5.75 Å². The van der Waals surface area contributed by atoms with E-state index < -0.39 is 10.0 Å². The Kier molecular flexibility index (Phi) is 6.48. The normalized spacial score (nSPS) is 15.4. The third kappa shape index (κ3) is 4.60. The van der Waals surface area contributed by atoms with Crippen LogP contribution in [0.1, 0.15) is 23.7 Å². The molecule has 7 nitrogen and oxygen atoms in total. The van der Waals surface area contributed by atoms with Crippen LogP contribution in [-0.2, 0) is 14.8 Å². The fourth-order valence-electron chi connectivity index (χ4n) is 2.89. The Morgan fingerprint density at radius 1 is 1.07 bits per heavy atom. The maximum Gasteiger partial charge on any atom is 0.260 e. The largest absolute Gasteiger partial charge is 0.484 e. The number of nitrogens with zero attached hydrogens (tertiary/aromatic N) is 2. The summed E-state index contributed by atoms with van der Waals surface area (Å²) in [6.45, 7) is 2.86. The van der Waals surface area contributed by atoms with Crippen LogP contribution < -0.4 is 4.74 Å². The number of hydrogen-bond acceptors (Lipinski definition) is 6. The number of hydrogen-bond donors (Lipinski definition) is 0. The number of Topliss-reactive ketones (excluding diaryl/α,β-unsaturated/α-hetero) is 1. The number of carbonyl (C=O) groups is 2. The second-order valence-electron chi connectivity index (χ2n) is 6.31. The first-order valence-corrected chi connectivity index (χ1v) is 11.3. The Labute approximate surface area is 168 Å². The van der Waals surface area contributed by atoms with Crippen molar-refractivity contribution >= 4 is 33.1 Å². The molecular weight excluding hydrogens is 400 g/mol. The van der Waals surface area contributed by atoms with E-state index in [0.717, 1.165) is 0 Å². The topological polar surface area (TPSA) is 84.0 Å². The first-order chi connectivity index (χ1) is 13.4. The quantitative estimate of drug-likeness (QED) is 0.639. The zero-order valence-corrected chi connectivity index (χ0v) is 17.2. The van der Waals surface area contributed by atoms with Gasteiger partial charge in [-0.05, 0) is 35.7 Å². The van der Waals surface area contributed by atoms with Crippen molar-refractivity contribution in [1.82, 2.24) is 9.21 Å². The lowest BCUT2D eigenvalue weighted by Gasteiger charge is -2.33. The van der Waals surface area contributed by atoms with Gasteiger partial charge in [0, 0.05) is 38.2 Å². The molecule has 1 amide bonds. The molecule has 0 unspecified atom stereocenters. The van der Waals surface area contributed by atoms with E-state index in [4.69, 9.17) is 4.74 Å². The van der Waals surface area contributed by atoms with Gasteiger partial charge in [0.25, 0.3) is 15.9 Å². The molecule has 2 heterocycles. The molecule has 1 aromatic carbocycles. The molecule has 0 spiro atoms. The number of carbonyl (C=O) groups excluding carboxylic acids is 2. The summed E-state index contributed by atoms with van der Waals surface area (Å²) in [5.74, 6) is 0.375. The summed E-state index contributed by atoms with van der Waals surface area (Å²) in [5, 5.41) is 1.73. The molecule has 1 saturated heterocycles. The average Bonchev–Trinajstić information content (AvgIpc) is 3.28. The van der Waals surface area contributed by atoms with E-state index in [2.05, 4.69) is 0 Å². The van der Waals surface area contributed by atoms with Crippen molar-refractivity contribution in [2.45, 2.75) is 17.6 Å². The highest BCUT2D eigenvalue weighted by atomic mass is 32.2. The Morgan fingerprint density at radius 2 is 1.75 bits per heavy atom. The highest BCUT2D eigenvalue weighted by Crippen LogP contribution is 2.22. The van der Waals surface area contributed by atoms with E-state index in [1.54, 1.807) is 53.6 Å². The molecule has 1 fully saturated rings. The smallest absolute Gasteiger partial charge is 0.260 e. The van der Waals surface area contributed by atoms with Gasteiger partial charge in [-0.3, -0.25) is 9.59 Å². The Balaban J connectivity index is 1.50. The summed E-state index contributed by atoms with van der Waals surface area (Å²) >= 11 is 1.19. The molecule has 9 heteroatoms. The number of ether oxygens (including phenoxy) is 1. The van der Waals surface area contributed by atoms with Gasteiger partial charge in [0.15, 0.2) is 12.4 Å². The van der Waals surface area contributed by atoms with Gasteiger partial charge < -0.3 is 9.64 Å². The number of amides is 1. The van der Waals surface area contributed by atoms with Crippen LogP contribution >= 0.6 is 11.3 Å². The summed E-state index contributed by atoms with van der Waals surface area (Å²) < 4.78 is 32.3. The van der Waals surface area contributed by atoms with Crippen LogP contribution in [0.5, 0.6) is 5.75 Å². The van der Waals surface area contributed by atoms with Gasteiger partial charge in [0.2, 0.25) is 0 Å². The van der Waals surface area contributed by atoms with E-state index in [1.807, 2.05) is 0 Å². The third-order valence-electron chi connectivity index (χ3n) is 4.54. The third-order valence-corrected chi connectivity index (χ3v) is 7.81. The number of thiophene rings is 1. The molecule has 28 heavy (non-hydrogen) atoms. The standard InChI is InChI=1S/C19H22N2O5S2/c1-2-17(22)15-5-7-16(8-6-15)26-14-18(23)20-9-11-21(12-10-20)28(24,25)19-4-3-13-27-19/h3-8,13H,2,9-12,14H2,1H3. The maximum atomic E-state index is 12.5. The summed E-state index contributed by atoms with van der Waals surface area (Å²) in [6, 6.07) is 9.99. The molecular formula is C19H22N2O5S2. The first kappa shape index (κ1) is 20.5.